The van der Waals surface area contributed by atoms with Crippen LogP contribution >= 0.6 is 11.6 Å². The van der Waals surface area contributed by atoms with Crippen molar-refractivity contribution in [3.8, 4) is 11.1 Å². The highest BCUT2D eigenvalue weighted by Gasteiger charge is 2.33. The number of benzene rings is 2. The van der Waals surface area contributed by atoms with Crippen LogP contribution in [-0.4, -0.2) is 47.8 Å². The molecule has 0 bridgehead atoms. The van der Waals surface area contributed by atoms with E-state index < -0.39 is 29.8 Å². The Labute approximate surface area is 228 Å². The standard InChI is InChI=1S/C30H34ClNO6/c1-18(33)37-20-13-14-26(31)19(15-20)16-27(28(34)38-30(2,3)4)32-29(35)36-17-25-23-11-7-5-9-21(23)22-10-6-8-12-24(22)25/h5-12,15,20,25-27H,13-14,16-17H2,1-4H3,(H,32,35)/t20-,26+,27+/m1/s1. The third kappa shape index (κ3) is 6.76. The van der Waals surface area contributed by atoms with Crippen LogP contribution in [-0.2, 0) is 23.8 Å². The van der Waals surface area contributed by atoms with E-state index in [2.05, 4.69) is 17.4 Å². The zero-order valence-electron chi connectivity index (χ0n) is 22.2. The van der Waals surface area contributed by atoms with Crippen molar-refractivity contribution in [1.29, 1.82) is 0 Å². The van der Waals surface area contributed by atoms with Gasteiger partial charge < -0.3 is 19.5 Å². The van der Waals surface area contributed by atoms with Gasteiger partial charge in [0.2, 0.25) is 0 Å². The van der Waals surface area contributed by atoms with Crippen LogP contribution in [0.4, 0.5) is 4.79 Å². The lowest BCUT2D eigenvalue weighted by Crippen LogP contribution is -2.45. The predicted octanol–water partition coefficient (Wildman–Crippen LogP) is 5.88. The molecule has 0 radical (unpaired) electrons. The molecule has 0 spiro atoms. The monoisotopic (exact) mass is 539 g/mol. The summed E-state index contributed by atoms with van der Waals surface area (Å²) in [5.74, 6) is -1.09. The first kappa shape index (κ1) is 27.7. The van der Waals surface area contributed by atoms with E-state index in [1.165, 1.54) is 6.92 Å². The van der Waals surface area contributed by atoms with Crippen molar-refractivity contribution in [2.45, 2.75) is 76.0 Å². The maximum absolute atomic E-state index is 13.1. The molecule has 3 atom stereocenters. The fraction of sp³-hybridized carbons (Fsp3) is 0.433. The van der Waals surface area contributed by atoms with Crippen molar-refractivity contribution in [2.24, 2.45) is 0 Å². The van der Waals surface area contributed by atoms with Gasteiger partial charge in [-0.2, -0.15) is 0 Å². The van der Waals surface area contributed by atoms with Crippen LogP contribution in [0.2, 0.25) is 0 Å². The van der Waals surface area contributed by atoms with E-state index in [0.717, 1.165) is 22.3 Å². The smallest absolute Gasteiger partial charge is 0.407 e. The number of alkyl carbamates (subject to hydrolysis) is 1. The number of carbonyl (C=O) groups excluding carboxylic acids is 3. The Morgan fingerprint density at radius 2 is 1.61 bits per heavy atom. The molecule has 0 saturated heterocycles. The van der Waals surface area contributed by atoms with Crippen LogP contribution in [0.25, 0.3) is 11.1 Å². The van der Waals surface area contributed by atoms with Gasteiger partial charge in [0.25, 0.3) is 0 Å². The summed E-state index contributed by atoms with van der Waals surface area (Å²) in [5.41, 5.74) is 4.41. The summed E-state index contributed by atoms with van der Waals surface area (Å²) in [7, 11) is 0. The van der Waals surface area contributed by atoms with Crippen LogP contribution in [0, 0.1) is 0 Å². The van der Waals surface area contributed by atoms with Gasteiger partial charge in [0.1, 0.15) is 24.4 Å². The number of fused-ring (bicyclic) bond motifs is 3. The van der Waals surface area contributed by atoms with Gasteiger partial charge in [0.15, 0.2) is 0 Å². The van der Waals surface area contributed by atoms with E-state index in [1.807, 2.05) is 36.4 Å². The quantitative estimate of drug-likeness (QED) is 0.204. The molecule has 0 saturated carbocycles. The number of hydrogen-bond donors (Lipinski definition) is 1. The van der Waals surface area contributed by atoms with Gasteiger partial charge in [-0.25, -0.2) is 9.59 Å². The highest BCUT2D eigenvalue weighted by Crippen LogP contribution is 2.44. The van der Waals surface area contributed by atoms with Crippen LogP contribution in [0.3, 0.4) is 0 Å². The summed E-state index contributed by atoms with van der Waals surface area (Å²) in [4.78, 5) is 37.5. The average molecular weight is 540 g/mol. The summed E-state index contributed by atoms with van der Waals surface area (Å²) < 4.78 is 16.6. The lowest BCUT2D eigenvalue weighted by Gasteiger charge is -2.29. The summed E-state index contributed by atoms with van der Waals surface area (Å²) in [6.45, 7) is 6.75. The number of hydrogen-bond acceptors (Lipinski definition) is 6. The molecule has 7 nitrogen and oxygen atoms in total. The Balaban J connectivity index is 1.48. The Morgan fingerprint density at radius 1 is 1.00 bits per heavy atom. The minimum atomic E-state index is -1.02. The van der Waals surface area contributed by atoms with Crippen molar-refractivity contribution in [1.82, 2.24) is 5.32 Å². The topological polar surface area (TPSA) is 90.9 Å². The molecule has 38 heavy (non-hydrogen) atoms. The maximum Gasteiger partial charge on any atom is 0.407 e. The van der Waals surface area contributed by atoms with Crippen molar-refractivity contribution in [3.63, 3.8) is 0 Å². The zero-order chi connectivity index (χ0) is 27.4. The Kier molecular flexibility index (Phi) is 8.46. The molecule has 0 fully saturated rings. The third-order valence-corrected chi connectivity index (χ3v) is 7.09. The van der Waals surface area contributed by atoms with Gasteiger partial charge in [0, 0.05) is 19.3 Å². The van der Waals surface area contributed by atoms with Crippen LogP contribution in [0.1, 0.15) is 64.0 Å². The fourth-order valence-electron chi connectivity index (χ4n) is 5.01. The fourth-order valence-corrected chi connectivity index (χ4v) is 5.30. The van der Waals surface area contributed by atoms with E-state index in [-0.39, 0.29) is 30.3 Å². The highest BCUT2D eigenvalue weighted by molar-refractivity contribution is 6.22. The van der Waals surface area contributed by atoms with Gasteiger partial charge >= 0.3 is 18.0 Å². The Morgan fingerprint density at radius 3 is 2.18 bits per heavy atom. The predicted molar refractivity (Wildman–Crippen MR) is 145 cm³/mol. The number of ether oxygens (including phenoxy) is 3. The molecule has 4 rings (SSSR count). The second-order valence-corrected chi connectivity index (χ2v) is 11.2. The SMILES string of the molecule is CC(=O)O[C@H]1C=C(C[C@H](NC(=O)OCC2c3ccccc3-c3ccccc32)C(=O)OC(C)(C)C)[C@@H](Cl)CC1. The summed E-state index contributed by atoms with van der Waals surface area (Å²) in [5, 5.41) is 2.34. The lowest BCUT2D eigenvalue weighted by molar-refractivity contribution is -0.157. The summed E-state index contributed by atoms with van der Waals surface area (Å²) >= 11 is 6.54. The number of rotatable bonds is 7. The number of esters is 2. The number of carbonyl (C=O) groups is 3. The highest BCUT2D eigenvalue weighted by atomic mass is 35.5. The molecule has 2 aromatic rings. The maximum atomic E-state index is 13.1. The number of nitrogens with one attached hydrogen (secondary N) is 1. The van der Waals surface area contributed by atoms with Crippen molar-refractivity contribution < 1.29 is 28.6 Å². The summed E-state index contributed by atoms with van der Waals surface area (Å²) in [6.07, 6.45) is 1.91. The van der Waals surface area contributed by atoms with E-state index in [1.54, 1.807) is 26.8 Å². The van der Waals surface area contributed by atoms with E-state index >= 15 is 0 Å². The zero-order valence-corrected chi connectivity index (χ0v) is 22.9. The first-order valence-corrected chi connectivity index (χ1v) is 13.3. The van der Waals surface area contributed by atoms with Crippen molar-refractivity contribution in [2.75, 3.05) is 6.61 Å². The molecule has 1 N–H and O–H groups in total. The Bertz CT molecular complexity index is 1190. The summed E-state index contributed by atoms with van der Waals surface area (Å²) in [6, 6.07) is 15.1. The molecule has 202 valence electrons. The molecule has 2 aromatic carbocycles. The average Bonchev–Trinajstić information content (AvgIpc) is 3.16. The molecule has 2 aliphatic carbocycles. The first-order valence-electron chi connectivity index (χ1n) is 12.9. The first-order chi connectivity index (χ1) is 18.0. The number of amides is 1. The van der Waals surface area contributed by atoms with Crippen molar-refractivity contribution in [3.05, 3.63) is 71.3 Å². The minimum absolute atomic E-state index is 0.106. The van der Waals surface area contributed by atoms with Crippen LogP contribution < -0.4 is 5.32 Å². The molecule has 0 aliphatic heterocycles. The second-order valence-electron chi connectivity index (χ2n) is 10.7. The molecular formula is C30H34ClNO6. The van der Waals surface area contributed by atoms with Gasteiger partial charge in [-0.15, -0.1) is 11.6 Å². The molecule has 0 aromatic heterocycles. The van der Waals surface area contributed by atoms with E-state index in [9.17, 15) is 14.4 Å². The van der Waals surface area contributed by atoms with E-state index in [0.29, 0.717) is 18.4 Å². The van der Waals surface area contributed by atoms with Gasteiger partial charge in [0.05, 0.1) is 5.38 Å². The van der Waals surface area contributed by atoms with Gasteiger partial charge in [-0.3, -0.25) is 4.79 Å². The number of alkyl halides is 1. The van der Waals surface area contributed by atoms with Crippen LogP contribution in [0.15, 0.2) is 60.2 Å². The minimum Gasteiger partial charge on any atom is -0.458 e. The van der Waals surface area contributed by atoms with Gasteiger partial charge in [-0.05, 0) is 61.9 Å². The third-order valence-electron chi connectivity index (χ3n) is 6.59. The van der Waals surface area contributed by atoms with Crippen LogP contribution in [0.5, 0.6) is 0 Å². The van der Waals surface area contributed by atoms with E-state index in [4.69, 9.17) is 25.8 Å². The normalized spacial score (nSPS) is 19.4. The molecule has 0 unspecified atom stereocenters. The molecule has 1 amide bonds. The van der Waals surface area contributed by atoms with Gasteiger partial charge in [-0.1, -0.05) is 54.1 Å². The Hall–Kier alpha value is -3.32. The molecular weight excluding hydrogens is 506 g/mol. The lowest BCUT2D eigenvalue weighted by atomic mass is 9.92. The largest absolute Gasteiger partial charge is 0.458 e. The molecule has 8 heteroatoms. The number of halogens is 1. The molecule has 2 aliphatic rings. The van der Waals surface area contributed by atoms with Crippen molar-refractivity contribution >= 4 is 29.6 Å². The second kappa shape index (κ2) is 11.6. The molecule has 0 heterocycles.